The van der Waals surface area contributed by atoms with Gasteiger partial charge in [-0.25, -0.2) is 4.98 Å². The molecule has 3 nitrogen and oxygen atoms in total. The molecule has 84 valence electrons. The highest BCUT2D eigenvalue weighted by atomic mass is 32.1. The van der Waals surface area contributed by atoms with Crippen molar-refractivity contribution in [2.45, 2.75) is 19.8 Å². The van der Waals surface area contributed by atoms with E-state index in [1.165, 1.54) is 5.56 Å². The quantitative estimate of drug-likeness (QED) is 0.910. The molecule has 2 rings (SSSR count). The number of aromatic nitrogens is 1. The third-order valence-electron chi connectivity index (χ3n) is 2.23. The molecule has 0 saturated heterocycles. The Kier molecular flexibility index (Phi) is 3.36. The molecule has 0 aliphatic carbocycles. The summed E-state index contributed by atoms with van der Waals surface area (Å²) in [4.78, 5) is 14.9. The van der Waals surface area contributed by atoms with E-state index in [4.69, 9.17) is 5.11 Å². The number of carboxylic acids is 1. The van der Waals surface area contributed by atoms with Crippen LogP contribution in [0.2, 0.25) is 0 Å². The fraction of sp³-hybridized carbons (Fsp3) is 0.273. The maximum absolute atomic E-state index is 10.4. The van der Waals surface area contributed by atoms with E-state index in [0.29, 0.717) is 6.42 Å². The first-order valence-corrected chi connectivity index (χ1v) is 6.68. The Labute approximate surface area is 101 Å². The molecule has 0 radical (unpaired) electrons. The van der Waals surface area contributed by atoms with E-state index in [1.807, 2.05) is 5.38 Å². The molecule has 0 atom stereocenters. The number of thiophene rings is 1. The molecule has 2 aromatic heterocycles. The first kappa shape index (κ1) is 11.3. The van der Waals surface area contributed by atoms with Crippen molar-refractivity contribution in [1.29, 1.82) is 0 Å². The van der Waals surface area contributed by atoms with E-state index in [0.717, 1.165) is 16.3 Å². The molecule has 0 aliphatic heterocycles. The van der Waals surface area contributed by atoms with Crippen molar-refractivity contribution >= 4 is 28.6 Å². The van der Waals surface area contributed by atoms with Gasteiger partial charge in [-0.15, -0.1) is 11.3 Å². The van der Waals surface area contributed by atoms with Crippen LogP contribution in [-0.4, -0.2) is 16.1 Å². The number of carbonyl (C=O) groups is 1. The minimum Gasteiger partial charge on any atom is -0.481 e. The molecule has 0 spiro atoms. The van der Waals surface area contributed by atoms with Gasteiger partial charge in [0.2, 0.25) is 0 Å². The lowest BCUT2D eigenvalue weighted by Crippen LogP contribution is -1.97. The maximum Gasteiger partial charge on any atom is 0.303 e. The number of aliphatic carboxylic acids is 1. The van der Waals surface area contributed by atoms with Crippen LogP contribution in [-0.2, 0) is 11.2 Å². The van der Waals surface area contributed by atoms with Crippen LogP contribution in [0.15, 0.2) is 16.1 Å². The van der Waals surface area contributed by atoms with Gasteiger partial charge >= 0.3 is 5.97 Å². The highest BCUT2D eigenvalue weighted by Crippen LogP contribution is 2.29. The highest BCUT2D eigenvalue weighted by Gasteiger charge is 2.08. The largest absolute Gasteiger partial charge is 0.481 e. The van der Waals surface area contributed by atoms with Gasteiger partial charge in [-0.2, -0.15) is 11.3 Å². The summed E-state index contributed by atoms with van der Waals surface area (Å²) >= 11 is 3.24. The summed E-state index contributed by atoms with van der Waals surface area (Å²) in [5.74, 6) is -0.777. The number of rotatable bonds is 4. The van der Waals surface area contributed by atoms with Gasteiger partial charge in [0.1, 0.15) is 5.01 Å². The van der Waals surface area contributed by atoms with Crippen molar-refractivity contribution < 1.29 is 9.90 Å². The van der Waals surface area contributed by atoms with E-state index in [-0.39, 0.29) is 6.42 Å². The number of hydrogen-bond acceptors (Lipinski definition) is 4. The van der Waals surface area contributed by atoms with Crippen LogP contribution in [0, 0.1) is 6.92 Å². The van der Waals surface area contributed by atoms with Gasteiger partial charge < -0.3 is 5.11 Å². The molecule has 0 amide bonds. The second-order valence-electron chi connectivity index (χ2n) is 3.51. The van der Waals surface area contributed by atoms with E-state index >= 15 is 0 Å². The van der Waals surface area contributed by atoms with E-state index in [2.05, 4.69) is 22.7 Å². The highest BCUT2D eigenvalue weighted by molar-refractivity contribution is 7.14. The fourth-order valence-electron chi connectivity index (χ4n) is 1.36. The van der Waals surface area contributed by atoms with E-state index in [9.17, 15) is 4.79 Å². The second-order valence-corrected chi connectivity index (χ2v) is 5.11. The fourth-order valence-corrected chi connectivity index (χ4v) is 3.20. The molecule has 16 heavy (non-hydrogen) atoms. The Bertz CT molecular complexity index is 502. The summed E-state index contributed by atoms with van der Waals surface area (Å²) in [7, 11) is 0. The summed E-state index contributed by atoms with van der Waals surface area (Å²) < 4.78 is 0. The summed E-state index contributed by atoms with van der Waals surface area (Å²) in [5.41, 5.74) is 3.26. The molecule has 0 aromatic carbocycles. The average Bonchev–Trinajstić information content (AvgIpc) is 2.83. The standard InChI is InChI=1S/C11H11NO2S2/c1-7-4-15-6-9(7)11-12-8(5-16-11)2-3-10(13)14/h4-6H,2-3H2,1H3,(H,13,14). The zero-order valence-electron chi connectivity index (χ0n) is 8.77. The van der Waals surface area contributed by atoms with Gasteiger partial charge in [0.25, 0.3) is 0 Å². The number of carboxylic acid groups (broad SMARTS) is 1. The van der Waals surface area contributed by atoms with Crippen LogP contribution in [0.1, 0.15) is 17.7 Å². The van der Waals surface area contributed by atoms with Crippen molar-refractivity contribution in [2.24, 2.45) is 0 Å². The van der Waals surface area contributed by atoms with Crippen molar-refractivity contribution in [1.82, 2.24) is 4.98 Å². The van der Waals surface area contributed by atoms with Crippen LogP contribution < -0.4 is 0 Å². The van der Waals surface area contributed by atoms with Crippen LogP contribution in [0.5, 0.6) is 0 Å². The van der Waals surface area contributed by atoms with Gasteiger partial charge in [-0.05, 0) is 17.9 Å². The molecule has 1 N–H and O–H groups in total. The molecule has 0 unspecified atom stereocenters. The van der Waals surface area contributed by atoms with Gasteiger partial charge in [-0.1, -0.05) is 0 Å². The molecule has 2 aromatic rings. The molecule has 0 aliphatic rings. The van der Waals surface area contributed by atoms with Gasteiger partial charge in [-0.3, -0.25) is 4.79 Å². The Morgan fingerprint density at radius 3 is 2.88 bits per heavy atom. The SMILES string of the molecule is Cc1cscc1-c1nc(CCC(=O)O)cs1. The molecule has 2 heterocycles. The number of thiazole rings is 1. The molecule has 0 saturated carbocycles. The lowest BCUT2D eigenvalue weighted by Gasteiger charge is -1.93. The lowest BCUT2D eigenvalue weighted by atomic mass is 10.2. The third-order valence-corrected chi connectivity index (χ3v) is 4.02. The summed E-state index contributed by atoms with van der Waals surface area (Å²) in [6, 6.07) is 0. The van der Waals surface area contributed by atoms with Gasteiger partial charge in [0.15, 0.2) is 0 Å². The van der Waals surface area contributed by atoms with Gasteiger partial charge in [0.05, 0.1) is 12.1 Å². The monoisotopic (exact) mass is 253 g/mol. The molecule has 0 bridgehead atoms. The average molecular weight is 253 g/mol. The topological polar surface area (TPSA) is 50.2 Å². The minimum atomic E-state index is -0.777. The van der Waals surface area contributed by atoms with Crippen molar-refractivity contribution in [2.75, 3.05) is 0 Å². The summed E-state index contributed by atoms with van der Waals surface area (Å²) in [6.07, 6.45) is 0.654. The maximum atomic E-state index is 10.4. The molecule has 5 heteroatoms. The molecule has 0 fully saturated rings. The van der Waals surface area contributed by atoms with Crippen molar-refractivity contribution in [3.63, 3.8) is 0 Å². The number of aryl methyl sites for hydroxylation is 2. The Morgan fingerprint density at radius 2 is 2.25 bits per heavy atom. The number of nitrogens with zero attached hydrogens (tertiary/aromatic N) is 1. The first-order chi connectivity index (χ1) is 7.66. The Morgan fingerprint density at radius 1 is 1.44 bits per heavy atom. The predicted octanol–water partition coefficient (Wildman–Crippen LogP) is 3.20. The van der Waals surface area contributed by atoms with Crippen LogP contribution in [0.4, 0.5) is 0 Å². The van der Waals surface area contributed by atoms with Gasteiger partial charge in [0, 0.05) is 22.7 Å². The normalized spacial score (nSPS) is 10.6. The van der Waals surface area contributed by atoms with E-state index in [1.54, 1.807) is 22.7 Å². The summed E-state index contributed by atoms with van der Waals surface area (Å²) in [5, 5.41) is 15.7. The Balaban J connectivity index is 2.14. The van der Waals surface area contributed by atoms with Crippen molar-refractivity contribution in [3.8, 4) is 10.6 Å². The van der Waals surface area contributed by atoms with E-state index < -0.39 is 5.97 Å². The minimum absolute atomic E-state index is 0.145. The first-order valence-electron chi connectivity index (χ1n) is 4.86. The third kappa shape index (κ3) is 2.48. The number of hydrogen-bond donors (Lipinski definition) is 1. The lowest BCUT2D eigenvalue weighted by molar-refractivity contribution is -0.136. The molecular weight excluding hydrogens is 242 g/mol. The molecular formula is C11H11NO2S2. The predicted molar refractivity (Wildman–Crippen MR) is 66.1 cm³/mol. The summed E-state index contributed by atoms with van der Waals surface area (Å²) in [6.45, 7) is 2.06. The zero-order chi connectivity index (χ0) is 11.5. The van der Waals surface area contributed by atoms with Crippen molar-refractivity contribution in [3.05, 3.63) is 27.4 Å². The Hall–Kier alpha value is -1.20. The smallest absolute Gasteiger partial charge is 0.303 e. The second kappa shape index (κ2) is 4.76. The van der Waals surface area contributed by atoms with Crippen LogP contribution in [0.25, 0.3) is 10.6 Å². The van der Waals surface area contributed by atoms with Crippen LogP contribution >= 0.6 is 22.7 Å². The zero-order valence-corrected chi connectivity index (χ0v) is 10.4. The van der Waals surface area contributed by atoms with Crippen LogP contribution in [0.3, 0.4) is 0 Å².